The number of hydrogen-bond donors (Lipinski definition) is 1. The standard InChI is InChI=1S/C41H30N4/c1-4-14-27(15-5-1)40-42-37(43-41(44-40)28-16-6-2-7-17-28)26-34-31-21-11-10-20-30(31)32-24-25-36-39(38(32)34)33-22-12-13-23-35(33)45(36)29-18-8-3-9-19-29/h1-25,34,37H,26H2,(H,42,43,44). The second-order valence-corrected chi connectivity index (χ2v) is 11.8. The number of hydrogen-bond acceptors (Lipinski definition) is 3. The molecule has 0 radical (unpaired) electrons. The molecule has 0 spiro atoms. The molecule has 1 aromatic heterocycles. The van der Waals surface area contributed by atoms with Crippen molar-refractivity contribution in [3.8, 4) is 16.8 Å². The van der Waals surface area contributed by atoms with Crippen molar-refractivity contribution in [3.05, 3.63) is 174 Å². The molecule has 7 aromatic rings. The monoisotopic (exact) mass is 578 g/mol. The molecule has 6 aromatic carbocycles. The van der Waals surface area contributed by atoms with Gasteiger partial charge in [-0.1, -0.05) is 127 Å². The molecule has 0 bridgehead atoms. The van der Waals surface area contributed by atoms with Crippen LogP contribution in [0.25, 0.3) is 38.6 Å². The molecule has 4 nitrogen and oxygen atoms in total. The second kappa shape index (κ2) is 10.5. The quantitative estimate of drug-likeness (QED) is 0.217. The van der Waals surface area contributed by atoms with E-state index in [1.54, 1.807) is 0 Å². The summed E-state index contributed by atoms with van der Waals surface area (Å²) in [6.07, 6.45) is 0.515. The molecule has 45 heavy (non-hydrogen) atoms. The van der Waals surface area contributed by atoms with E-state index in [-0.39, 0.29) is 12.1 Å². The van der Waals surface area contributed by atoms with Gasteiger partial charge in [0.05, 0.1) is 11.0 Å². The second-order valence-electron chi connectivity index (χ2n) is 11.8. The molecule has 0 saturated carbocycles. The summed E-state index contributed by atoms with van der Waals surface area (Å²) in [6, 6.07) is 53.8. The van der Waals surface area contributed by atoms with Crippen LogP contribution in [0.1, 0.15) is 34.6 Å². The molecule has 214 valence electrons. The predicted molar refractivity (Wildman–Crippen MR) is 186 cm³/mol. The number of benzene rings is 6. The summed E-state index contributed by atoms with van der Waals surface area (Å²) in [5.41, 5.74) is 11.1. The highest BCUT2D eigenvalue weighted by Crippen LogP contribution is 2.52. The summed E-state index contributed by atoms with van der Waals surface area (Å²) in [7, 11) is 0. The summed E-state index contributed by atoms with van der Waals surface area (Å²) >= 11 is 0. The van der Waals surface area contributed by atoms with Crippen molar-refractivity contribution in [3.63, 3.8) is 0 Å². The van der Waals surface area contributed by atoms with E-state index in [0.29, 0.717) is 0 Å². The highest BCUT2D eigenvalue weighted by molar-refractivity contribution is 6.16. The minimum absolute atomic E-state index is 0.138. The van der Waals surface area contributed by atoms with Crippen LogP contribution in [0.5, 0.6) is 0 Å². The van der Waals surface area contributed by atoms with Crippen molar-refractivity contribution in [2.75, 3.05) is 0 Å². The minimum Gasteiger partial charge on any atom is -0.324 e. The number of rotatable bonds is 5. The molecule has 1 aliphatic heterocycles. The van der Waals surface area contributed by atoms with E-state index in [0.717, 1.165) is 29.2 Å². The first kappa shape index (κ1) is 25.7. The van der Waals surface area contributed by atoms with Crippen LogP contribution in [-0.2, 0) is 0 Å². The van der Waals surface area contributed by atoms with Gasteiger partial charge in [0.2, 0.25) is 0 Å². The Labute approximate surface area is 262 Å². The fraction of sp³-hybridized carbons (Fsp3) is 0.0732. The lowest BCUT2D eigenvalue weighted by Crippen LogP contribution is -2.38. The smallest absolute Gasteiger partial charge is 0.145 e. The maximum absolute atomic E-state index is 5.25. The van der Waals surface area contributed by atoms with Gasteiger partial charge in [-0.05, 0) is 46.5 Å². The summed E-state index contributed by atoms with van der Waals surface area (Å²) in [5.74, 6) is 1.86. The van der Waals surface area contributed by atoms with Gasteiger partial charge in [-0.15, -0.1) is 0 Å². The van der Waals surface area contributed by atoms with Crippen LogP contribution in [0.2, 0.25) is 0 Å². The Morgan fingerprint density at radius 1 is 0.533 bits per heavy atom. The van der Waals surface area contributed by atoms with E-state index in [4.69, 9.17) is 9.98 Å². The average molecular weight is 579 g/mol. The summed E-state index contributed by atoms with van der Waals surface area (Å²) in [6.45, 7) is 0. The Balaban J connectivity index is 1.25. The summed E-state index contributed by atoms with van der Waals surface area (Å²) in [5, 5.41) is 6.15. The van der Waals surface area contributed by atoms with Crippen molar-refractivity contribution in [1.29, 1.82) is 0 Å². The zero-order valence-electron chi connectivity index (χ0n) is 24.6. The minimum atomic E-state index is -0.251. The number of aliphatic imine (C=N–C) groups is 2. The SMILES string of the molecule is c1ccc(C2=NC(CC3c4ccccc4-c4ccc5c(c43)c3ccccc3n5-c3ccccc3)N=C(c3ccccc3)N2)cc1. The van der Waals surface area contributed by atoms with Gasteiger partial charge >= 0.3 is 0 Å². The molecule has 2 aliphatic rings. The number of para-hydroxylation sites is 2. The zero-order chi connectivity index (χ0) is 29.7. The van der Waals surface area contributed by atoms with Gasteiger partial charge in [-0.2, -0.15) is 0 Å². The van der Waals surface area contributed by atoms with Crippen molar-refractivity contribution in [2.24, 2.45) is 9.98 Å². The third kappa shape index (κ3) is 4.21. The molecule has 1 atom stereocenters. The number of nitrogens with zero attached hydrogens (tertiary/aromatic N) is 3. The van der Waals surface area contributed by atoms with Crippen LogP contribution in [0.4, 0.5) is 0 Å². The molecule has 0 amide bonds. The van der Waals surface area contributed by atoms with Gasteiger partial charge in [0.25, 0.3) is 0 Å². The highest BCUT2D eigenvalue weighted by Gasteiger charge is 2.34. The van der Waals surface area contributed by atoms with Crippen LogP contribution in [-0.4, -0.2) is 22.4 Å². The normalized spacial score (nSPS) is 15.8. The van der Waals surface area contributed by atoms with Gasteiger partial charge in [-0.3, -0.25) is 0 Å². The van der Waals surface area contributed by atoms with E-state index < -0.39 is 0 Å². The van der Waals surface area contributed by atoms with Gasteiger partial charge in [0.1, 0.15) is 17.8 Å². The third-order valence-corrected chi connectivity index (χ3v) is 9.20. The Morgan fingerprint density at radius 3 is 1.84 bits per heavy atom. The molecular weight excluding hydrogens is 548 g/mol. The lowest BCUT2D eigenvalue weighted by Gasteiger charge is -2.25. The number of fused-ring (bicyclic) bond motifs is 7. The Bertz CT molecular complexity index is 2210. The molecule has 9 rings (SSSR count). The van der Waals surface area contributed by atoms with Crippen LogP contribution in [0.3, 0.4) is 0 Å². The largest absolute Gasteiger partial charge is 0.324 e. The van der Waals surface area contributed by atoms with E-state index in [9.17, 15) is 0 Å². The first-order chi connectivity index (χ1) is 22.3. The molecule has 1 N–H and O–H groups in total. The molecular formula is C41H30N4. The van der Waals surface area contributed by atoms with Crippen molar-refractivity contribution in [2.45, 2.75) is 18.5 Å². The van der Waals surface area contributed by atoms with Crippen LogP contribution >= 0.6 is 0 Å². The van der Waals surface area contributed by atoms with Gasteiger partial charge in [0, 0.05) is 39.9 Å². The lowest BCUT2D eigenvalue weighted by atomic mass is 9.89. The third-order valence-electron chi connectivity index (χ3n) is 9.20. The van der Waals surface area contributed by atoms with E-state index >= 15 is 0 Å². The molecule has 4 heteroatoms. The molecule has 1 unspecified atom stereocenters. The van der Waals surface area contributed by atoms with Crippen molar-refractivity contribution in [1.82, 2.24) is 9.88 Å². The van der Waals surface area contributed by atoms with Crippen LogP contribution in [0, 0.1) is 0 Å². The van der Waals surface area contributed by atoms with Gasteiger partial charge in [-0.25, -0.2) is 9.98 Å². The molecule has 2 heterocycles. The molecule has 1 aliphatic carbocycles. The predicted octanol–water partition coefficient (Wildman–Crippen LogP) is 9.11. The Morgan fingerprint density at radius 2 is 1.13 bits per heavy atom. The topological polar surface area (TPSA) is 41.7 Å². The van der Waals surface area contributed by atoms with E-state index in [2.05, 4.69) is 149 Å². The molecule has 0 fully saturated rings. The Hall–Kier alpha value is -5.74. The maximum Gasteiger partial charge on any atom is 0.145 e. The highest BCUT2D eigenvalue weighted by atomic mass is 15.2. The molecule has 0 saturated heterocycles. The van der Waals surface area contributed by atoms with Gasteiger partial charge in [0.15, 0.2) is 0 Å². The van der Waals surface area contributed by atoms with Crippen molar-refractivity contribution >= 4 is 33.5 Å². The number of amidine groups is 2. The summed E-state index contributed by atoms with van der Waals surface area (Å²) < 4.78 is 2.41. The fourth-order valence-corrected chi connectivity index (χ4v) is 7.29. The van der Waals surface area contributed by atoms with Crippen LogP contribution < -0.4 is 5.32 Å². The van der Waals surface area contributed by atoms with Crippen LogP contribution in [0.15, 0.2) is 162 Å². The zero-order valence-corrected chi connectivity index (χ0v) is 24.6. The Kier molecular flexibility index (Phi) is 5.98. The van der Waals surface area contributed by atoms with E-state index in [1.807, 2.05) is 12.1 Å². The van der Waals surface area contributed by atoms with E-state index in [1.165, 1.54) is 49.7 Å². The first-order valence-corrected chi connectivity index (χ1v) is 15.6. The lowest BCUT2D eigenvalue weighted by molar-refractivity contribution is 0.593. The number of nitrogens with one attached hydrogen (secondary N) is 1. The summed E-state index contributed by atoms with van der Waals surface area (Å²) in [4.78, 5) is 10.5. The van der Waals surface area contributed by atoms with Crippen molar-refractivity contribution < 1.29 is 0 Å². The first-order valence-electron chi connectivity index (χ1n) is 15.6. The number of aromatic nitrogens is 1. The average Bonchev–Trinajstić information content (AvgIpc) is 3.62. The van der Waals surface area contributed by atoms with Gasteiger partial charge < -0.3 is 9.88 Å². The maximum atomic E-state index is 5.25. The fourth-order valence-electron chi connectivity index (χ4n) is 7.29.